The zero-order valence-electron chi connectivity index (χ0n) is 8.68. The highest BCUT2D eigenvalue weighted by Gasteiger charge is 2.35. The van der Waals surface area contributed by atoms with Crippen LogP contribution < -0.4 is 11.1 Å². The minimum absolute atomic E-state index is 0.102. The molecular weight excluding hydrogens is 212 g/mol. The lowest BCUT2D eigenvalue weighted by Gasteiger charge is -2.17. The van der Waals surface area contributed by atoms with Crippen LogP contribution in [0.3, 0.4) is 0 Å². The summed E-state index contributed by atoms with van der Waals surface area (Å²) in [6, 6.07) is -1.34. The van der Waals surface area contributed by atoms with Gasteiger partial charge in [0.25, 0.3) is 0 Å². The fraction of sp³-hybridized carbons (Fsp3) is 0.600. The maximum absolute atomic E-state index is 11.5. The quantitative estimate of drug-likeness (QED) is 0.509. The summed E-state index contributed by atoms with van der Waals surface area (Å²) in [7, 11) is 0. The van der Waals surface area contributed by atoms with Gasteiger partial charge in [0.1, 0.15) is 5.92 Å². The third kappa shape index (κ3) is 2.95. The molecule has 88 valence electrons. The van der Waals surface area contributed by atoms with Crippen molar-refractivity contribution in [1.82, 2.24) is 5.32 Å². The number of aliphatic carboxylic acids is 1. The van der Waals surface area contributed by atoms with E-state index >= 15 is 0 Å². The molecule has 6 heteroatoms. The number of hydrogen-bond donors (Lipinski definition) is 3. The van der Waals surface area contributed by atoms with Gasteiger partial charge in [0.2, 0.25) is 5.91 Å². The number of ether oxygens (including phenoxy) is 1. The van der Waals surface area contributed by atoms with Crippen molar-refractivity contribution in [3.8, 4) is 12.3 Å². The van der Waals surface area contributed by atoms with Crippen LogP contribution in [0, 0.1) is 18.3 Å². The van der Waals surface area contributed by atoms with E-state index in [0.29, 0.717) is 0 Å². The van der Waals surface area contributed by atoms with Crippen molar-refractivity contribution in [2.24, 2.45) is 11.7 Å². The van der Waals surface area contributed by atoms with Gasteiger partial charge in [-0.1, -0.05) is 0 Å². The summed E-state index contributed by atoms with van der Waals surface area (Å²) < 4.78 is 4.99. The van der Waals surface area contributed by atoms with Crippen molar-refractivity contribution in [3.63, 3.8) is 0 Å². The Morgan fingerprint density at radius 1 is 1.62 bits per heavy atom. The van der Waals surface area contributed by atoms with Gasteiger partial charge in [-0.25, -0.2) is 0 Å². The molecule has 3 atom stereocenters. The fourth-order valence-corrected chi connectivity index (χ4v) is 1.45. The summed E-state index contributed by atoms with van der Waals surface area (Å²) in [6.07, 6.45) is 5.14. The normalized spacial score (nSPS) is 25.8. The second-order valence-corrected chi connectivity index (χ2v) is 3.61. The number of carboxylic acids is 1. The highest BCUT2D eigenvalue weighted by Crippen LogP contribution is 2.13. The minimum Gasteiger partial charge on any atom is -0.481 e. The van der Waals surface area contributed by atoms with Crippen LogP contribution in [0.1, 0.15) is 6.42 Å². The number of nitrogens with one attached hydrogen (secondary N) is 1. The molecule has 4 N–H and O–H groups in total. The Kier molecular flexibility index (Phi) is 4.28. The molecule has 6 nitrogen and oxygen atoms in total. The van der Waals surface area contributed by atoms with Crippen molar-refractivity contribution in [1.29, 1.82) is 0 Å². The van der Waals surface area contributed by atoms with Crippen LogP contribution in [-0.4, -0.2) is 42.3 Å². The van der Waals surface area contributed by atoms with E-state index in [1.807, 2.05) is 0 Å². The Bertz CT molecular complexity index is 323. The van der Waals surface area contributed by atoms with Crippen molar-refractivity contribution >= 4 is 11.9 Å². The molecular formula is C10H14N2O4. The standard InChI is InChI=1S/C10H14N2O4/c1-2-3-7(11)9(13)12-8-5-16-4-6(8)10(14)15/h1,6-8H,3-5,11H2,(H,12,13)(H,14,15). The van der Waals surface area contributed by atoms with Crippen LogP contribution in [0.2, 0.25) is 0 Å². The Hall–Kier alpha value is -1.58. The molecule has 0 aliphatic carbocycles. The number of carboxylic acid groups (broad SMARTS) is 1. The number of carbonyl (C=O) groups excluding carboxylic acids is 1. The Labute approximate surface area is 93.1 Å². The lowest BCUT2D eigenvalue weighted by Crippen LogP contribution is -2.49. The summed E-state index contributed by atoms with van der Waals surface area (Å²) >= 11 is 0. The van der Waals surface area contributed by atoms with Gasteiger partial charge in [-0.15, -0.1) is 12.3 Å². The molecule has 0 aromatic rings. The number of carbonyl (C=O) groups is 2. The molecule has 0 spiro atoms. The molecule has 1 aliphatic heterocycles. The zero-order chi connectivity index (χ0) is 12.1. The average Bonchev–Trinajstić information content (AvgIpc) is 2.66. The van der Waals surface area contributed by atoms with Gasteiger partial charge in [0.15, 0.2) is 0 Å². The lowest BCUT2D eigenvalue weighted by molar-refractivity contribution is -0.142. The number of terminal acetylenes is 1. The second-order valence-electron chi connectivity index (χ2n) is 3.61. The molecule has 1 heterocycles. The monoisotopic (exact) mass is 226 g/mol. The van der Waals surface area contributed by atoms with E-state index in [9.17, 15) is 9.59 Å². The molecule has 0 bridgehead atoms. The molecule has 1 rings (SSSR count). The van der Waals surface area contributed by atoms with E-state index in [0.717, 1.165) is 0 Å². The zero-order valence-corrected chi connectivity index (χ0v) is 8.68. The van der Waals surface area contributed by atoms with E-state index in [-0.39, 0.29) is 19.6 Å². The Balaban J connectivity index is 2.50. The van der Waals surface area contributed by atoms with Gasteiger partial charge in [0.05, 0.1) is 25.3 Å². The SMILES string of the molecule is C#CCC(N)C(=O)NC1COCC1C(=O)O. The molecule has 0 radical (unpaired) electrons. The fourth-order valence-electron chi connectivity index (χ4n) is 1.45. The van der Waals surface area contributed by atoms with E-state index in [2.05, 4.69) is 11.2 Å². The van der Waals surface area contributed by atoms with Gasteiger partial charge < -0.3 is 20.9 Å². The largest absolute Gasteiger partial charge is 0.481 e. The first-order valence-electron chi connectivity index (χ1n) is 4.86. The van der Waals surface area contributed by atoms with Crippen LogP contribution in [0.25, 0.3) is 0 Å². The summed E-state index contributed by atoms with van der Waals surface area (Å²) in [5.74, 6) is 0.116. The van der Waals surface area contributed by atoms with Crippen LogP contribution in [0.4, 0.5) is 0 Å². The molecule has 3 unspecified atom stereocenters. The predicted octanol–water partition coefficient (Wildman–Crippen LogP) is -1.45. The van der Waals surface area contributed by atoms with Gasteiger partial charge in [-0.2, -0.15) is 0 Å². The molecule has 1 saturated heterocycles. The van der Waals surface area contributed by atoms with Crippen molar-refractivity contribution < 1.29 is 19.4 Å². The first kappa shape index (κ1) is 12.5. The highest BCUT2D eigenvalue weighted by atomic mass is 16.5. The van der Waals surface area contributed by atoms with Crippen molar-refractivity contribution in [2.75, 3.05) is 13.2 Å². The molecule has 1 fully saturated rings. The second kappa shape index (κ2) is 5.49. The minimum atomic E-state index is -0.992. The topological polar surface area (TPSA) is 102 Å². The molecule has 1 aliphatic rings. The molecule has 16 heavy (non-hydrogen) atoms. The maximum atomic E-state index is 11.5. The third-order valence-corrected chi connectivity index (χ3v) is 2.40. The number of amides is 1. The smallest absolute Gasteiger partial charge is 0.311 e. The number of nitrogens with two attached hydrogens (primary N) is 1. The molecule has 0 aromatic heterocycles. The summed E-state index contributed by atoms with van der Waals surface area (Å²) in [4.78, 5) is 22.3. The summed E-state index contributed by atoms with van der Waals surface area (Å²) in [5.41, 5.74) is 5.48. The van der Waals surface area contributed by atoms with Gasteiger partial charge >= 0.3 is 5.97 Å². The van der Waals surface area contributed by atoms with Gasteiger partial charge in [0, 0.05) is 6.42 Å². The van der Waals surface area contributed by atoms with Crippen molar-refractivity contribution in [2.45, 2.75) is 18.5 Å². The maximum Gasteiger partial charge on any atom is 0.311 e. The Morgan fingerprint density at radius 3 is 2.88 bits per heavy atom. The summed E-state index contributed by atoms with van der Waals surface area (Å²) in [6.45, 7) is 0.288. The van der Waals surface area contributed by atoms with E-state index in [1.165, 1.54) is 0 Å². The highest BCUT2D eigenvalue weighted by molar-refractivity contribution is 5.83. The van der Waals surface area contributed by atoms with E-state index < -0.39 is 29.9 Å². The number of rotatable bonds is 4. The van der Waals surface area contributed by atoms with Gasteiger partial charge in [-0.3, -0.25) is 9.59 Å². The Morgan fingerprint density at radius 2 is 2.31 bits per heavy atom. The van der Waals surface area contributed by atoms with Crippen molar-refractivity contribution in [3.05, 3.63) is 0 Å². The molecule has 1 amide bonds. The van der Waals surface area contributed by atoms with E-state index in [1.54, 1.807) is 0 Å². The summed E-state index contributed by atoms with van der Waals surface area (Å²) in [5, 5.41) is 11.4. The molecule has 0 aromatic carbocycles. The van der Waals surface area contributed by atoms with Crippen LogP contribution in [0.15, 0.2) is 0 Å². The first-order valence-corrected chi connectivity index (χ1v) is 4.86. The average molecular weight is 226 g/mol. The third-order valence-electron chi connectivity index (χ3n) is 2.40. The lowest BCUT2D eigenvalue weighted by atomic mass is 10.0. The van der Waals surface area contributed by atoms with Gasteiger partial charge in [-0.05, 0) is 0 Å². The molecule has 0 saturated carbocycles. The van der Waals surface area contributed by atoms with E-state index in [4.69, 9.17) is 22.0 Å². The first-order chi connectivity index (χ1) is 7.56. The number of hydrogen-bond acceptors (Lipinski definition) is 4. The predicted molar refractivity (Wildman–Crippen MR) is 55.3 cm³/mol. The van der Waals surface area contributed by atoms with Crippen LogP contribution in [0.5, 0.6) is 0 Å². The van der Waals surface area contributed by atoms with Crippen LogP contribution >= 0.6 is 0 Å². The van der Waals surface area contributed by atoms with Crippen LogP contribution in [-0.2, 0) is 14.3 Å².